The van der Waals surface area contributed by atoms with Crippen molar-refractivity contribution in [3.05, 3.63) is 96.6 Å². The Labute approximate surface area is 168 Å². The minimum Gasteiger partial charge on any atom is -0.339 e. The van der Waals surface area contributed by atoms with Crippen LogP contribution < -0.4 is 10.6 Å². The van der Waals surface area contributed by atoms with E-state index in [0.717, 1.165) is 28.2 Å². The summed E-state index contributed by atoms with van der Waals surface area (Å²) in [5, 5.41) is 6.25. The highest BCUT2D eigenvalue weighted by molar-refractivity contribution is 6.05. The number of aryl methyl sites for hydroxylation is 1. The highest BCUT2D eigenvalue weighted by Gasteiger charge is 2.12. The van der Waals surface area contributed by atoms with Crippen molar-refractivity contribution in [1.82, 2.24) is 15.0 Å². The summed E-state index contributed by atoms with van der Waals surface area (Å²) in [6.45, 7) is 1.98. The number of nitrogens with one attached hydrogen (secondary N) is 2. The van der Waals surface area contributed by atoms with Gasteiger partial charge < -0.3 is 10.6 Å². The maximum atomic E-state index is 12.6. The lowest BCUT2D eigenvalue weighted by molar-refractivity contribution is 0.102. The number of hydrogen-bond donors (Lipinski definition) is 2. The normalized spacial score (nSPS) is 10.4. The first-order valence-corrected chi connectivity index (χ1v) is 9.16. The van der Waals surface area contributed by atoms with Crippen LogP contribution in [0.4, 0.5) is 17.2 Å². The van der Waals surface area contributed by atoms with Gasteiger partial charge in [-0.3, -0.25) is 4.79 Å². The highest BCUT2D eigenvalue weighted by atomic mass is 16.1. The zero-order valence-corrected chi connectivity index (χ0v) is 15.8. The number of carbonyl (C=O) groups is 1. The smallest absolute Gasteiger partial charge is 0.255 e. The lowest BCUT2D eigenvalue weighted by Gasteiger charge is -2.14. The van der Waals surface area contributed by atoms with Crippen molar-refractivity contribution in [2.24, 2.45) is 0 Å². The third-order valence-corrected chi connectivity index (χ3v) is 4.45. The summed E-state index contributed by atoms with van der Waals surface area (Å²) in [5.41, 5.74) is 4.74. The maximum absolute atomic E-state index is 12.6. The zero-order valence-electron chi connectivity index (χ0n) is 15.8. The van der Waals surface area contributed by atoms with Gasteiger partial charge in [-0.25, -0.2) is 15.0 Å². The van der Waals surface area contributed by atoms with Gasteiger partial charge in [0.2, 0.25) is 0 Å². The molecule has 0 fully saturated rings. The molecule has 0 radical (unpaired) electrons. The molecule has 2 aromatic carbocycles. The van der Waals surface area contributed by atoms with Crippen molar-refractivity contribution < 1.29 is 4.79 Å². The molecule has 1 amide bonds. The van der Waals surface area contributed by atoms with Gasteiger partial charge >= 0.3 is 0 Å². The van der Waals surface area contributed by atoms with E-state index in [4.69, 9.17) is 0 Å². The number of pyridine rings is 1. The first kappa shape index (κ1) is 18.3. The van der Waals surface area contributed by atoms with E-state index in [0.29, 0.717) is 11.4 Å². The molecular weight excluding hydrogens is 362 g/mol. The van der Waals surface area contributed by atoms with Gasteiger partial charge in [0.25, 0.3) is 5.91 Å². The van der Waals surface area contributed by atoms with E-state index in [1.807, 2.05) is 73.7 Å². The number of para-hydroxylation sites is 1. The van der Waals surface area contributed by atoms with Crippen LogP contribution in [0.3, 0.4) is 0 Å². The number of amides is 1. The summed E-state index contributed by atoms with van der Waals surface area (Å²) in [6, 6.07) is 20.6. The molecular formula is C23H19N5O. The Morgan fingerprint density at radius 3 is 2.55 bits per heavy atom. The highest BCUT2D eigenvalue weighted by Crippen LogP contribution is 2.28. The van der Waals surface area contributed by atoms with Crippen LogP contribution in [0, 0.1) is 6.92 Å². The number of aromatic nitrogens is 3. The second-order valence-corrected chi connectivity index (χ2v) is 6.47. The average molecular weight is 381 g/mol. The molecule has 0 atom stereocenters. The van der Waals surface area contributed by atoms with Gasteiger partial charge in [-0.1, -0.05) is 24.3 Å². The summed E-state index contributed by atoms with van der Waals surface area (Å²) < 4.78 is 0. The molecule has 0 unspecified atom stereocenters. The van der Waals surface area contributed by atoms with Crippen LogP contribution in [0.2, 0.25) is 0 Å². The molecule has 0 aliphatic carbocycles. The summed E-state index contributed by atoms with van der Waals surface area (Å²) in [6.07, 6.45) is 4.92. The Balaban J connectivity index is 1.62. The van der Waals surface area contributed by atoms with Gasteiger partial charge in [0.05, 0.1) is 5.69 Å². The second-order valence-electron chi connectivity index (χ2n) is 6.47. The van der Waals surface area contributed by atoms with E-state index in [1.54, 1.807) is 12.4 Å². The molecule has 0 saturated carbocycles. The third kappa shape index (κ3) is 4.27. The molecule has 0 aliphatic rings. The van der Waals surface area contributed by atoms with Gasteiger partial charge in [-0.2, -0.15) is 0 Å². The predicted octanol–water partition coefficient (Wildman–Crippen LogP) is 4.84. The molecule has 4 aromatic rings. The van der Waals surface area contributed by atoms with Crippen LogP contribution in [-0.4, -0.2) is 20.9 Å². The number of nitrogens with zero attached hydrogens (tertiary/aromatic N) is 3. The van der Waals surface area contributed by atoms with Crippen molar-refractivity contribution in [2.45, 2.75) is 6.92 Å². The molecule has 4 rings (SSSR count). The quantitative estimate of drug-likeness (QED) is 0.517. The topological polar surface area (TPSA) is 79.8 Å². The van der Waals surface area contributed by atoms with Crippen LogP contribution in [0.25, 0.3) is 11.3 Å². The fourth-order valence-corrected chi connectivity index (χ4v) is 2.91. The zero-order chi connectivity index (χ0) is 20.1. The number of hydrogen-bond acceptors (Lipinski definition) is 5. The van der Waals surface area contributed by atoms with E-state index >= 15 is 0 Å². The number of benzene rings is 2. The number of anilines is 3. The second kappa shape index (κ2) is 8.31. The largest absolute Gasteiger partial charge is 0.339 e. The molecule has 6 nitrogen and oxygen atoms in total. The van der Waals surface area contributed by atoms with Crippen LogP contribution in [-0.2, 0) is 0 Å². The molecule has 2 aromatic heterocycles. The Morgan fingerprint density at radius 2 is 1.76 bits per heavy atom. The van der Waals surface area contributed by atoms with Gasteiger partial charge in [0.1, 0.15) is 12.1 Å². The van der Waals surface area contributed by atoms with Gasteiger partial charge in [0.15, 0.2) is 0 Å². The standard InChI is InChI=1S/C23H19N5O/c1-16-9-10-17(23(29)27-18-6-3-2-4-7-18)14-21(16)28-22-19(8-5-12-25-22)20-11-13-24-15-26-20/h2-15H,1H3,(H,25,28)(H,27,29). The molecule has 0 aliphatic heterocycles. The van der Waals surface area contributed by atoms with Gasteiger partial charge in [-0.15, -0.1) is 0 Å². The van der Waals surface area contributed by atoms with E-state index in [2.05, 4.69) is 25.6 Å². The average Bonchev–Trinajstić information content (AvgIpc) is 2.77. The van der Waals surface area contributed by atoms with Gasteiger partial charge in [0, 0.05) is 34.9 Å². The third-order valence-electron chi connectivity index (χ3n) is 4.45. The Kier molecular flexibility index (Phi) is 5.25. The molecule has 2 heterocycles. The van der Waals surface area contributed by atoms with Crippen LogP contribution in [0.15, 0.2) is 85.5 Å². The van der Waals surface area contributed by atoms with Crippen LogP contribution >= 0.6 is 0 Å². The molecule has 29 heavy (non-hydrogen) atoms. The van der Waals surface area contributed by atoms with E-state index in [-0.39, 0.29) is 5.91 Å². The fourth-order valence-electron chi connectivity index (χ4n) is 2.91. The Hall–Kier alpha value is -4.06. The summed E-state index contributed by atoms with van der Waals surface area (Å²) in [4.78, 5) is 25.4. The maximum Gasteiger partial charge on any atom is 0.255 e. The van der Waals surface area contributed by atoms with Crippen molar-refractivity contribution in [2.75, 3.05) is 10.6 Å². The lowest BCUT2D eigenvalue weighted by atomic mass is 10.1. The number of carbonyl (C=O) groups excluding carboxylic acids is 1. The molecule has 2 N–H and O–H groups in total. The van der Waals surface area contributed by atoms with Crippen molar-refractivity contribution >= 4 is 23.1 Å². The Morgan fingerprint density at radius 1 is 0.897 bits per heavy atom. The minimum atomic E-state index is -0.170. The van der Waals surface area contributed by atoms with E-state index in [9.17, 15) is 4.79 Å². The van der Waals surface area contributed by atoms with Crippen molar-refractivity contribution in [3.8, 4) is 11.3 Å². The molecule has 142 valence electrons. The molecule has 6 heteroatoms. The van der Waals surface area contributed by atoms with Crippen molar-refractivity contribution in [3.63, 3.8) is 0 Å². The van der Waals surface area contributed by atoms with Crippen molar-refractivity contribution in [1.29, 1.82) is 0 Å². The summed E-state index contributed by atoms with van der Waals surface area (Å²) in [5.74, 6) is 0.492. The fraction of sp³-hybridized carbons (Fsp3) is 0.0435. The predicted molar refractivity (Wildman–Crippen MR) is 114 cm³/mol. The summed E-state index contributed by atoms with van der Waals surface area (Å²) >= 11 is 0. The Bertz CT molecular complexity index is 1130. The van der Waals surface area contributed by atoms with Crippen LogP contribution in [0.1, 0.15) is 15.9 Å². The summed E-state index contributed by atoms with van der Waals surface area (Å²) in [7, 11) is 0. The molecule has 0 spiro atoms. The minimum absolute atomic E-state index is 0.170. The van der Waals surface area contributed by atoms with E-state index in [1.165, 1.54) is 6.33 Å². The SMILES string of the molecule is Cc1ccc(C(=O)Nc2ccccc2)cc1Nc1ncccc1-c1ccncn1. The van der Waals surface area contributed by atoms with Crippen LogP contribution in [0.5, 0.6) is 0 Å². The van der Waals surface area contributed by atoms with Gasteiger partial charge in [-0.05, 0) is 55.0 Å². The first-order valence-electron chi connectivity index (χ1n) is 9.16. The number of rotatable bonds is 5. The first-order chi connectivity index (χ1) is 14.2. The molecule has 0 bridgehead atoms. The van der Waals surface area contributed by atoms with E-state index < -0.39 is 0 Å². The molecule has 0 saturated heterocycles. The monoisotopic (exact) mass is 381 g/mol. The lowest BCUT2D eigenvalue weighted by Crippen LogP contribution is -2.12.